The molecular weight excluding hydrogens is 352 g/mol. The lowest BCUT2D eigenvalue weighted by molar-refractivity contribution is 0.620. The van der Waals surface area contributed by atoms with Crippen molar-refractivity contribution in [3.05, 3.63) is 38.1 Å². The van der Waals surface area contributed by atoms with Crippen molar-refractivity contribution >= 4 is 45.3 Å². The van der Waals surface area contributed by atoms with Crippen molar-refractivity contribution in [3.8, 4) is 0 Å². The van der Waals surface area contributed by atoms with Gasteiger partial charge in [-0.05, 0) is 28.7 Å². The summed E-state index contributed by atoms with van der Waals surface area (Å²) < 4.78 is 14.0. The van der Waals surface area contributed by atoms with Gasteiger partial charge in [0.1, 0.15) is 5.82 Å². The Morgan fingerprint density at radius 1 is 1.53 bits per heavy atom. The highest BCUT2D eigenvalue weighted by Crippen LogP contribution is 2.27. The monoisotopic (exact) mass is 363 g/mol. The Labute approximate surface area is 117 Å². The zero-order valence-corrected chi connectivity index (χ0v) is 12.1. The van der Waals surface area contributed by atoms with Crippen molar-refractivity contribution in [2.45, 2.75) is 6.54 Å². The van der Waals surface area contributed by atoms with Crippen LogP contribution in [0.3, 0.4) is 0 Å². The first-order valence-electron chi connectivity index (χ1n) is 4.90. The molecule has 0 amide bonds. The number of hydrogen-bond acceptors (Lipinski definition) is 4. The molecule has 1 heterocycles. The Hall–Kier alpha value is -0.890. The van der Waals surface area contributed by atoms with E-state index in [1.165, 1.54) is 6.07 Å². The minimum absolute atomic E-state index is 0.250. The SMILES string of the molecule is CN(Cc1cscn1)c1cc(F)c(I)cc1N. The number of anilines is 2. The van der Waals surface area contributed by atoms with Gasteiger partial charge in [0.2, 0.25) is 0 Å². The zero-order valence-electron chi connectivity index (χ0n) is 9.15. The second kappa shape index (κ2) is 5.18. The summed E-state index contributed by atoms with van der Waals surface area (Å²) in [5.74, 6) is -0.250. The van der Waals surface area contributed by atoms with E-state index in [4.69, 9.17) is 5.73 Å². The molecule has 0 aliphatic heterocycles. The van der Waals surface area contributed by atoms with E-state index in [0.717, 1.165) is 5.69 Å². The van der Waals surface area contributed by atoms with Gasteiger partial charge in [0, 0.05) is 18.5 Å². The number of aromatic nitrogens is 1. The molecule has 1 aromatic heterocycles. The van der Waals surface area contributed by atoms with E-state index >= 15 is 0 Å². The fourth-order valence-corrected chi connectivity index (χ4v) is 2.57. The van der Waals surface area contributed by atoms with Gasteiger partial charge in [0.15, 0.2) is 0 Å². The van der Waals surface area contributed by atoms with Crippen molar-refractivity contribution in [1.29, 1.82) is 0 Å². The van der Waals surface area contributed by atoms with Crippen LogP contribution in [0.25, 0.3) is 0 Å². The normalized spacial score (nSPS) is 10.5. The van der Waals surface area contributed by atoms with Gasteiger partial charge in [0.25, 0.3) is 0 Å². The largest absolute Gasteiger partial charge is 0.397 e. The number of benzene rings is 1. The number of nitrogens with zero attached hydrogens (tertiary/aromatic N) is 2. The lowest BCUT2D eigenvalue weighted by Crippen LogP contribution is -2.18. The standard InChI is InChI=1S/C11H11FIN3S/c1-16(4-7-5-17-6-15-7)11-2-8(12)9(13)3-10(11)14/h2-3,5-6H,4,14H2,1H3. The maximum absolute atomic E-state index is 13.5. The fourth-order valence-electron chi connectivity index (χ4n) is 1.53. The van der Waals surface area contributed by atoms with Crippen LogP contribution in [0, 0.1) is 9.39 Å². The van der Waals surface area contributed by atoms with Crippen LogP contribution in [0.15, 0.2) is 23.0 Å². The maximum atomic E-state index is 13.5. The number of hydrogen-bond donors (Lipinski definition) is 1. The van der Waals surface area contributed by atoms with Crippen LogP contribution in [0.4, 0.5) is 15.8 Å². The second-order valence-electron chi connectivity index (χ2n) is 3.66. The van der Waals surface area contributed by atoms with Crippen molar-refractivity contribution in [2.75, 3.05) is 17.7 Å². The molecule has 0 unspecified atom stereocenters. The highest BCUT2D eigenvalue weighted by Gasteiger charge is 2.11. The van der Waals surface area contributed by atoms with Crippen LogP contribution in [0.1, 0.15) is 5.69 Å². The molecular formula is C11H11FIN3S. The Bertz CT molecular complexity index is 516. The van der Waals surface area contributed by atoms with E-state index in [0.29, 0.717) is 21.5 Å². The van der Waals surface area contributed by atoms with Gasteiger partial charge in [0.05, 0.1) is 32.7 Å². The van der Waals surface area contributed by atoms with Gasteiger partial charge >= 0.3 is 0 Å². The van der Waals surface area contributed by atoms with Gasteiger partial charge < -0.3 is 10.6 Å². The van der Waals surface area contributed by atoms with Crippen molar-refractivity contribution in [1.82, 2.24) is 4.98 Å². The summed E-state index contributed by atoms with van der Waals surface area (Å²) in [6, 6.07) is 3.10. The van der Waals surface area contributed by atoms with Crippen LogP contribution in [0.5, 0.6) is 0 Å². The van der Waals surface area contributed by atoms with Crippen molar-refractivity contribution in [2.24, 2.45) is 0 Å². The molecule has 90 valence electrons. The van der Waals surface area contributed by atoms with Crippen LogP contribution in [0.2, 0.25) is 0 Å². The average Bonchev–Trinajstić information content (AvgIpc) is 2.76. The van der Waals surface area contributed by atoms with Crippen LogP contribution in [-0.2, 0) is 6.54 Å². The lowest BCUT2D eigenvalue weighted by Gasteiger charge is -2.20. The second-order valence-corrected chi connectivity index (χ2v) is 5.54. The Balaban J connectivity index is 2.24. The number of nitrogen functional groups attached to an aromatic ring is 1. The van der Waals surface area contributed by atoms with Gasteiger partial charge in [-0.25, -0.2) is 9.37 Å². The Kier molecular flexibility index (Phi) is 3.82. The predicted molar refractivity (Wildman–Crippen MR) is 77.8 cm³/mol. The molecule has 1 aromatic carbocycles. The van der Waals surface area contributed by atoms with Crippen molar-refractivity contribution in [3.63, 3.8) is 0 Å². The smallest absolute Gasteiger partial charge is 0.138 e. The molecule has 0 radical (unpaired) electrons. The van der Waals surface area contributed by atoms with E-state index < -0.39 is 0 Å². The highest BCUT2D eigenvalue weighted by molar-refractivity contribution is 14.1. The minimum atomic E-state index is -0.250. The summed E-state index contributed by atoms with van der Waals surface area (Å²) in [7, 11) is 1.87. The molecule has 2 N–H and O–H groups in total. The lowest BCUT2D eigenvalue weighted by atomic mass is 10.2. The van der Waals surface area contributed by atoms with E-state index in [1.54, 1.807) is 22.9 Å². The van der Waals surface area contributed by atoms with E-state index in [-0.39, 0.29) is 5.82 Å². The summed E-state index contributed by atoms with van der Waals surface area (Å²) >= 11 is 3.47. The third-order valence-corrected chi connectivity index (χ3v) is 3.83. The summed E-state index contributed by atoms with van der Waals surface area (Å²) in [4.78, 5) is 6.08. The predicted octanol–water partition coefficient (Wildman–Crippen LogP) is 3.11. The van der Waals surface area contributed by atoms with Gasteiger partial charge in [-0.15, -0.1) is 11.3 Å². The molecule has 0 aliphatic carbocycles. The summed E-state index contributed by atoms with van der Waals surface area (Å²) in [6.45, 7) is 0.619. The van der Waals surface area contributed by atoms with E-state index in [2.05, 4.69) is 4.98 Å². The fraction of sp³-hybridized carbons (Fsp3) is 0.182. The number of rotatable bonds is 3. The first-order chi connectivity index (χ1) is 8.08. The molecule has 0 atom stereocenters. The first-order valence-corrected chi connectivity index (χ1v) is 6.93. The van der Waals surface area contributed by atoms with E-state index in [1.807, 2.05) is 39.9 Å². The summed E-state index contributed by atoms with van der Waals surface area (Å²) in [6.07, 6.45) is 0. The molecule has 2 aromatic rings. The van der Waals surface area contributed by atoms with Gasteiger partial charge in [-0.2, -0.15) is 0 Å². The molecule has 0 fully saturated rings. The quantitative estimate of drug-likeness (QED) is 0.673. The Morgan fingerprint density at radius 2 is 2.29 bits per heavy atom. The topological polar surface area (TPSA) is 42.2 Å². The third kappa shape index (κ3) is 2.86. The molecule has 2 rings (SSSR count). The zero-order chi connectivity index (χ0) is 12.4. The number of nitrogens with two attached hydrogens (primary N) is 1. The van der Waals surface area contributed by atoms with Crippen LogP contribution < -0.4 is 10.6 Å². The molecule has 0 aliphatic rings. The molecule has 17 heavy (non-hydrogen) atoms. The highest BCUT2D eigenvalue weighted by atomic mass is 127. The minimum Gasteiger partial charge on any atom is -0.397 e. The summed E-state index contributed by atoms with van der Waals surface area (Å²) in [5.41, 5.74) is 9.89. The molecule has 0 spiro atoms. The molecule has 6 heteroatoms. The first kappa shape index (κ1) is 12.6. The Morgan fingerprint density at radius 3 is 2.94 bits per heavy atom. The van der Waals surface area contributed by atoms with E-state index in [9.17, 15) is 4.39 Å². The van der Waals surface area contributed by atoms with Crippen LogP contribution in [-0.4, -0.2) is 12.0 Å². The van der Waals surface area contributed by atoms with Gasteiger partial charge in [-0.1, -0.05) is 0 Å². The number of halogens is 2. The molecule has 0 saturated heterocycles. The van der Waals surface area contributed by atoms with Crippen LogP contribution >= 0.6 is 33.9 Å². The molecule has 3 nitrogen and oxygen atoms in total. The molecule has 0 bridgehead atoms. The van der Waals surface area contributed by atoms with Crippen molar-refractivity contribution < 1.29 is 4.39 Å². The number of thiazole rings is 1. The summed E-state index contributed by atoms with van der Waals surface area (Å²) in [5, 5.41) is 1.97. The average molecular weight is 363 g/mol. The maximum Gasteiger partial charge on any atom is 0.138 e. The molecule has 0 saturated carbocycles. The van der Waals surface area contributed by atoms with Gasteiger partial charge in [-0.3, -0.25) is 0 Å². The third-order valence-electron chi connectivity index (χ3n) is 2.36.